The minimum atomic E-state index is -1.24. The second-order valence-electron chi connectivity index (χ2n) is 3.93. The highest BCUT2D eigenvalue weighted by molar-refractivity contribution is 7.98. The molecule has 1 amide bonds. The van der Waals surface area contributed by atoms with Crippen molar-refractivity contribution in [3.8, 4) is 0 Å². The Morgan fingerprint density at radius 1 is 1.50 bits per heavy atom. The summed E-state index contributed by atoms with van der Waals surface area (Å²) in [5.74, 6) is -1.90. The van der Waals surface area contributed by atoms with Crippen LogP contribution in [0.4, 0.5) is 0 Å². The van der Waals surface area contributed by atoms with Gasteiger partial charge in [0, 0.05) is 18.7 Å². The van der Waals surface area contributed by atoms with Crippen LogP contribution in [-0.4, -0.2) is 51.0 Å². The van der Waals surface area contributed by atoms with Crippen LogP contribution in [0.2, 0.25) is 0 Å². The van der Waals surface area contributed by atoms with Gasteiger partial charge in [-0.1, -0.05) is 0 Å². The van der Waals surface area contributed by atoms with E-state index >= 15 is 0 Å². The number of amides is 1. The van der Waals surface area contributed by atoms with E-state index < -0.39 is 23.6 Å². The van der Waals surface area contributed by atoms with Gasteiger partial charge in [0.15, 0.2) is 0 Å². The second kappa shape index (κ2) is 7.06. The Kier molecular flexibility index (Phi) is 5.71. The summed E-state index contributed by atoms with van der Waals surface area (Å²) in [4.78, 5) is 40.4. The average molecular weight is 301 g/mol. The number of rotatable bonds is 6. The predicted octanol–water partition coefficient (Wildman–Crippen LogP) is -0.634. The maximum Gasteiger partial charge on any atom is 0.346 e. The van der Waals surface area contributed by atoms with Crippen LogP contribution in [0.1, 0.15) is 22.5 Å². The highest BCUT2D eigenvalue weighted by Gasteiger charge is 2.23. The van der Waals surface area contributed by atoms with E-state index in [0.29, 0.717) is 5.69 Å². The Bertz CT molecular complexity index is 572. The minimum absolute atomic E-state index is 0.106. The first-order valence-corrected chi connectivity index (χ1v) is 6.92. The Morgan fingerprint density at radius 2 is 2.15 bits per heavy atom. The molecule has 0 aromatic carbocycles. The Labute approximate surface area is 118 Å². The Hall–Kier alpha value is -1.87. The number of aliphatic hydroxyl groups excluding tert-OH is 1. The van der Waals surface area contributed by atoms with Crippen molar-refractivity contribution in [1.82, 2.24) is 15.3 Å². The zero-order valence-corrected chi connectivity index (χ0v) is 11.8. The molecule has 0 aliphatic rings. The number of hydrogen-bond donors (Lipinski definition) is 4. The summed E-state index contributed by atoms with van der Waals surface area (Å²) in [6.45, 7) is 1.16. The number of thioether (sulfide) groups is 1. The number of aliphatic hydroxyl groups is 1. The van der Waals surface area contributed by atoms with Gasteiger partial charge >= 0.3 is 11.7 Å². The van der Waals surface area contributed by atoms with Crippen LogP contribution >= 0.6 is 11.8 Å². The molecule has 1 atom stereocenters. The van der Waals surface area contributed by atoms with Gasteiger partial charge in [0.2, 0.25) is 0 Å². The molecule has 1 aromatic rings. The van der Waals surface area contributed by atoms with Crippen LogP contribution in [0.25, 0.3) is 0 Å². The number of hydrogen-bond acceptors (Lipinski definition) is 6. The van der Waals surface area contributed by atoms with E-state index in [4.69, 9.17) is 10.2 Å². The molecule has 0 aliphatic heterocycles. The van der Waals surface area contributed by atoms with Gasteiger partial charge in [-0.3, -0.25) is 4.79 Å². The smallest absolute Gasteiger partial charge is 0.346 e. The van der Waals surface area contributed by atoms with Crippen LogP contribution in [-0.2, 0) is 4.79 Å². The Balaban J connectivity index is 3.08. The molecule has 4 N–H and O–H groups in total. The highest BCUT2D eigenvalue weighted by atomic mass is 32.2. The normalized spacial score (nSPS) is 11.9. The fraction of sp³-hybridized carbons (Fsp3) is 0.455. The molecular formula is C11H15N3O5S. The number of aromatic amines is 1. The SMILES string of the molecule is CSc1nc(=O)[nH]c(C)c1C(=O)N[C@H](CCO)C(=O)O. The molecule has 0 radical (unpaired) electrons. The fourth-order valence-electron chi connectivity index (χ4n) is 1.59. The molecule has 1 rings (SSSR count). The molecule has 1 heterocycles. The first-order chi connectivity index (χ1) is 9.40. The number of H-pyrrole nitrogens is 1. The number of nitrogens with zero attached hydrogens (tertiary/aromatic N) is 1. The molecule has 0 spiro atoms. The number of carbonyl (C=O) groups excluding carboxylic acids is 1. The summed E-state index contributed by atoms with van der Waals surface area (Å²) in [6.07, 6.45) is 1.55. The Morgan fingerprint density at radius 3 is 2.65 bits per heavy atom. The zero-order chi connectivity index (χ0) is 15.3. The van der Waals surface area contributed by atoms with E-state index in [1.54, 1.807) is 6.26 Å². The van der Waals surface area contributed by atoms with Crippen molar-refractivity contribution in [3.63, 3.8) is 0 Å². The van der Waals surface area contributed by atoms with Crippen molar-refractivity contribution in [2.45, 2.75) is 24.4 Å². The summed E-state index contributed by atoms with van der Waals surface area (Å²) in [5.41, 5.74) is -0.144. The largest absolute Gasteiger partial charge is 0.480 e. The number of carbonyl (C=O) groups is 2. The highest BCUT2D eigenvalue weighted by Crippen LogP contribution is 2.18. The lowest BCUT2D eigenvalue weighted by Crippen LogP contribution is -2.42. The topological polar surface area (TPSA) is 132 Å². The molecule has 20 heavy (non-hydrogen) atoms. The molecule has 0 bridgehead atoms. The number of aromatic nitrogens is 2. The molecular weight excluding hydrogens is 286 g/mol. The monoisotopic (exact) mass is 301 g/mol. The van der Waals surface area contributed by atoms with Crippen molar-refractivity contribution < 1.29 is 19.8 Å². The van der Waals surface area contributed by atoms with Crippen molar-refractivity contribution in [2.75, 3.05) is 12.9 Å². The van der Waals surface area contributed by atoms with Crippen molar-refractivity contribution in [3.05, 3.63) is 21.7 Å². The van der Waals surface area contributed by atoms with E-state index in [-0.39, 0.29) is 23.6 Å². The summed E-state index contributed by atoms with van der Waals surface area (Å²) >= 11 is 1.11. The van der Waals surface area contributed by atoms with Crippen LogP contribution < -0.4 is 11.0 Å². The summed E-state index contributed by atoms with van der Waals surface area (Å²) in [5, 5.41) is 20.2. The molecule has 1 aromatic heterocycles. The summed E-state index contributed by atoms with van der Waals surface area (Å²) in [7, 11) is 0. The maximum absolute atomic E-state index is 12.1. The van der Waals surface area contributed by atoms with Gasteiger partial charge in [-0.15, -0.1) is 11.8 Å². The predicted molar refractivity (Wildman–Crippen MR) is 72.0 cm³/mol. The van der Waals surface area contributed by atoms with Crippen molar-refractivity contribution in [1.29, 1.82) is 0 Å². The molecule has 9 heteroatoms. The fourth-order valence-corrected chi connectivity index (χ4v) is 2.22. The van der Waals surface area contributed by atoms with Gasteiger partial charge in [-0.2, -0.15) is 4.98 Å². The number of carboxylic acid groups (broad SMARTS) is 1. The molecule has 110 valence electrons. The molecule has 8 nitrogen and oxygen atoms in total. The van der Waals surface area contributed by atoms with E-state index in [1.165, 1.54) is 6.92 Å². The molecule has 0 aliphatic carbocycles. The minimum Gasteiger partial charge on any atom is -0.480 e. The lowest BCUT2D eigenvalue weighted by atomic mass is 10.1. The van der Waals surface area contributed by atoms with Crippen LogP contribution in [0.5, 0.6) is 0 Å². The molecule has 0 saturated heterocycles. The number of aliphatic carboxylic acids is 1. The third kappa shape index (κ3) is 3.81. The van der Waals surface area contributed by atoms with E-state index in [9.17, 15) is 14.4 Å². The second-order valence-corrected chi connectivity index (χ2v) is 4.72. The van der Waals surface area contributed by atoms with Crippen LogP contribution in [0, 0.1) is 6.92 Å². The standard InChI is InChI=1S/C11H15N3O5S/c1-5-7(9(20-2)14-11(19)12-5)8(16)13-6(3-4-15)10(17)18/h6,15H,3-4H2,1-2H3,(H,13,16)(H,17,18)(H,12,14,19)/t6-/m1/s1. The third-order valence-corrected chi connectivity index (χ3v) is 3.21. The first kappa shape index (κ1) is 16.2. The number of aryl methyl sites for hydroxylation is 1. The van der Waals surface area contributed by atoms with Gasteiger partial charge < -0.3 is 20.5 Å². The van der Waals surface area contributed by atoms with Crippen molar-refractivity contribution in [2.24, 2.45) is 0 Å². The first-order valence-electron chi connectivity index (χ1n) is 5.70. The van der Waals surface area contributed by atoms with Gasteiger partial charge in [-0.25, -0.2) is 9.59 Å². The quantitative estimate of drug-likeness (QED) is 0.406. The number of nitrogens with one attached hydrogen (secondary N) is 2. The van der Waals surface area contributed by atoms with E-state index in [2.05, 4.69) is 15.3 Å². The van der Waals surface area contributed by atoms with Crippen LogP contribution in [0.15, 0.2) is 9.82 Å². The number of carboxylic acids is 1. The molecule has 0 unspecified atom stereocenters. The lowest BCUT2D eigenvalue weighted by Gasteiger charge is -2.15. The average Bonchev–Trinajstić information content (AvgIpc) is 2.36. The van der Waals surface area contributed by atoms with E-state index in [0.717, 1.165) is 11.8 Å². The summed E-state index contributed by atoms with van der Waals surface area (Å²) < 4.78 is 0. The van der Waals surface area contributed by atoms with Gasteiger partial charge in [0.05, 0.1) is 5.56 Å². The lowest BCUT2D eigenvalue weighted by molar-refractivity contribution is -0.139. The van der Waals surface area contributed by atoms with Gasteiger partial charge in [-0.05, 0) is 13.2 Å². The van der Waals surface area contributed by atoms with Gasteiger partial charge in [0.1, 0.15) is 11.1 Å². The van der Waals surface area contributed by atoms with Crippen molar-refractivity contribution >= 4 is 23.6 Å². The van der Waals surface area contributed by atoms with Gasteiger partial charge in [0.25, 0.3) is 5.91 Å². The third-order valence-electron chi connectivity index (χ3n) is 2.53. The molecule has 0 fully saturated rings. The summed E-state index contributed by atoms with van der Waals surface area (Å²) in [6, 6.07) is -1.20. The zero-order valence-electron chi connectivity index (χ0n) is 11.0. The maximum atomic E-state index is 12.1. The van der Waals surface area contributed by atoms with E-state index in [1.807, 2.05) is 0 Å². The van der Waals surface area contributed by atoms with Crippen LogP contribution in [0.3, 0.4) is 0 Å². The molecule has 0 saturated carbocycles.